The molecule has 0 fully saturated rings. The summed E-state index contributed by atoms with van der Waals surface area (Å²) in [5.74, 6) is -0.400. The van der Waals surface area contributed by atoms with E-state index in [1.54, 1.807) is 30.8 Å². The van der Waals surface area contributed by atoms with Gasteiger partial charge in [-0.05, 0) is 35.8 Å². The second-order valence-corrected chi connectivity index (χ2v) is 5.41. The van der Waals surface area contributed by atoms with E-state index in [-0.39, 0.29) is 6.42 Å². The van der Waals surface area contributed by atoms with Gasteiger partial charge in [-0.2, -0.15) is 5.10 Å². The molecule has 0 aliphatic rings. The van der Waals surface area contributed by atoms with Crippen LogP contribution in [-0.4, -0.2) is 25.8 Å². The van der Waals surface area contributed by atoms with Gasteiger partial charge >= 0.3 is 5.97 Å². The Morgan fingerprint density at radius 1 is 1.53 bits per heavy atom. The van der Waals surface area contributed by atoms with Gasteiger partial charge in [0.1, 0.15) is 0 Å². The summed E-state index contributed by atoms with van der Waals surface area (Å²) in [5.41, 5.74) is 2.09. The summed E-state index contributed by atoms with van der Waals surface area (Å²) in [6.07, 6.45) is 1.56. The molecule has 2 aromatic heterocycles. The molecule has 5 nitrogen and oxygen atoms in total. The van der Waals surface area contributed by atoms with Gasteiger partial charge in [-0.3, -0.25) is 4.79 Å². The predicted octanol–water partition coefficient (Wildman–Crippen LogP) is 2.93. The van der Waals surface area contributed by atoms with Crippen LogP contribution in [0.25, 0.3) is 5.82 Å². The van der Waals surface area contributed by atoms with Crippen LogP contribution in [0.3, 0.4) is 0 Å². The number of aliphatic carboxylic acids is 1. The molecule has 0 aromatic carbocycles. The normalized spacial score (nSPS) is 10.7. The molecule has 2 aromatic rings. The van der Waals surface area contributed by atoms with Crippen LogP contribution in [0.5, 0.6) is 0 Å². The molecule has 0 spiro atoms. The molecule has 2 heterocycles. The van der Waals surface area contributed by atoms with E-state index in [2.05, 4.69) is 26.0 Å². The van der Waals surface area contributed by atoms with Crippen molar-refractivity contribution in [2.75, 3.05) is 0 Å². The van der Waals surface area contributed by atoms with Gasteiger partial charge in [0.25, 0.3) is 0 Å². The molecule has 0 saturated carbocycles. The third kappa shape index (κ3) is 2.79. The molecule has 100 valence electrons. The number of pyridine rings is 1. The Labute approximate surface area is 123 Å². The topological polar surface area (TPSA) is 68.0 Å². The van der Waals surface area contributed by atoms with Crippen molar-refractivity contribution in [3.05, 3.63) is 38.7 Å². The first-order valence-corrected chi connectivity index (χ1v) is 6.65. The van der Waals surface area contributed by atoms with Crippen molar-refractivity contribution in [2.24, 2.45) is 0 Å². The third-order valence-electron chi connectivity index (χ3n) is 2.76. The number of halogens is 2. The average molecular weight is 345 g/mol. The zero-order valence-corrected chi connectivity index (χ0v) is 12.7. The molecule has 1 N–H and O–H groups in total. The molecule has 0 atom stereocenters. The van der Waals surface area contributed by atoms with E-state index in [1.807, 2.05) is 0 Å². The minimum atomic E-state index is -0.888. The zero-order chi connectivity index (χ0) is 14.2. The molecule has 0 aliphatic carbocycles. The van der Waals surface area contributed by atoms with Crippen LogP contribution in [-0.2, 0) is 11.2 Å². The van der Waals surface area contributed by atoms with Crippen LogP contribution in [0.4, 0.5) is 0 Å². The Morgan fingerprint density at radius 2 is 2.21 bits per heavy atom. The van der Waals surface area contributed by atoms with Gasteiger partial charge in [-0.1, -0.05) is 11.6 Å². The van der Waals surface area contributed by atoms with Crippen LogP contribution in [0.1, 0.15) is 17.0 Å². The maximum Gasteiger partial charge on any atom is 0.307 e. The lowest BCUT2D eigenvalue weighted by Crippen LogP contribution is -2.05. The van der Waals surface area contributed by atoms with Gasteiger partial charge in [-0.15, -0.1) is 0 Å². The Hall–Kier alpha value is -1.40. The van der Waals surface area contributed by atoms with Gasteiger partial charge < -0.3 is 5.11 Å². The van der Waals surface area contributed by atoms with E-state index >= 15 is 0 Å². The molecule has 0 unspecified atom stereocenters. The van der Waals surface area contributed by atoms with Crippen molar-refractivity contribution < 1.29 is 9.90 Å². The number of carboxylic acids is 1. The third-order valence-corrected chi connectivity index (χ3v) is 3.47. The summed E-state index contributed by atoms with van der Waals surface area (Å²) >= 11 is 9.42. The van der Waals surface area contributed by atoms with Crippen molar-refractivity contribution in [3.63, 3.8) is 0 Å². The van der Waals surface area contributed by atoms with Crippen molar-refractivity contribution in [3.8, 4) is 5.82 Å². The molecular weight excluding hydrogens is 334 g/mol. The molecule has 0 bridgehead atoms. The highest BCUT2D eigenvalue weighted by atomic mass is 79.9. The monoisotopic (exact) mass is 343 g/mol. The number of carbonyl (C=O) groups is 1. The minimum Gasteiger partial charge on any atom is -0.481 e. The average Bonchev–Trinajstić information content (AvgIpc) is 2.57. The number of aromatic nitrogens is 3. The highest BCUT2D eigenvalue weighted by Crippen LogP contribution is 2.25. The van der Waals surface area contributed by atoms with E-state index in [9.17, 15) is 4.79 Å². The summed E-state index contributed by atoms with van der Waals surface area (Å²) in [6.45, 7) is 3.58. The maximum atomic E-state index is 10.8. The quantitative estimate of drug-likeness (QED) is 0.929. The molecule has 0 aliphatic heterocycles. The smallest absolute Gasteiger partial charge is 0.307 e. The molecule has 7 heteroatoms. The first-order valence-electron chi connectivity index (χ1n) is 5.48. The Morgan fingerprint density at radius 3 is 2.79 bits per heavy atom. The summed E-state index contributed by atoms with van der Waals surface area (Å²) in [4.78, 5) is 15.1. The van der Waals surface area contributed by atoms with Crippen molar-refractivity contribution in [1.82, 2.24) is 14.8 Å². The number of aryl methyl sites for hydroxylation is 1. The van der Waals surface area contributed by atoms with Gasteiger partial charge in [-0.25, -0.2) is 9.67 Å². The second-order valence-electron chi connectivity index (χ2n) is 4.09. The molecular formula is C12H11BrClN3O2. The van der Waals surface area contributed by atoms with Crippen LogP contribution in [0.15, 0.2) is 16.7 Å². The fourth-order valence-electron chi connectivity index (χ4n) is 1.85. The first-order chi connectivity index (χ1) is 8.90. The van der Waals surface area contributed by atoms with Crippen LogP contribution >= 0.6 is 27.5 Å². The Kier molecular flexibility index (Phi) is 3.91. The summed E-state index contributed by atoms with van der Waals surface area (Å²) < 4.78 is 2.34. The molecule has 0 amide bonds. The van der Waals surface area contributed by atoms with Gasteiger partial charge in [0, 0.05) is 21.9 Å². The Balaban J connectivity index is 2.54. The van der Waals surface area contributed by atoms with Crippen LogP contribution in [0.2, 0.25) is 5.02 Å². The fraction of sp³-hybridized carbons (Fsp3) is 0.250. The highest BCUT2D eigenvalue weighted by molar-refractivity contribution is 9.10. The number of hydrogen-bond acceptors (Lipinski definition) is 3. The molecule has 2 rings (SSSR count). The molecule has 0 saturated heterocycles. The lowest BCUT2D eigenvalue weighted by atomic mass is 10.1. The largest absolute Gasteiger partial charge is 0.481 e. The van der Waals surface area contributed by atoms with Gasteiger partial charge in [0.2, 0.25) is 0 Å². The number of rotatable bonds is 3. The van der Waals surface area contributed by atoms with E-state index in [1.165, 1.54) is 0 Å². The van der Waals surface area contributed by atoms with E-state index in [0.29, 0.717) is 22.1 Å². The SMILES string of the molecule is Cc1nn(-c2ncc(Br)cc2Cl)c(C)c1CC(=O)O. The lowest BCUT2D eigenvalue weighted by molar-refractivity contribution is -0.136. The summed E-state index contributed by atoms with van der Waals surface area (Å²) in [6, 6.07) is 1.72. The van der Waals surface area contributed by atoms with Crippen LogP contribution in [0, 0.1) is 13.8 Å². The van der Waals surface area contributed by atoms with Gasteiger partial charge in [0.05, 0.1) is 17.1 Å². The van der Waals surface area contributed by atoms with E-state index < -0.39 is 5.97 Å². The predicted molar refractivity (Wildman–Crippen MR) is 74.9 cm³/mol. The van der Waals surface area contributed by atoms with E-state index in [0.717, 1.165) is 10.2 Å². The van der Waals surface area contributed by atoms with Gasteiger partial charge in [0.15, 0.2) is 5.82 Å². The highest BCUT2D eigenvalue weighted by Gasteiger charge is 2.17. The Bertz CT molecular complexity index is 655. The molecule has 0 radical (unpaired) electrons. The number of nitrogens with zero attached hydrogens (tertiary/aromatic N) is 3. The second kappa shape index (κ2) is 5.30. The zero-order valence-electron chi connectivity index (χ0n) is 10.3. The fourth-order valence-corrected chi connectivity index (χ4v) is 2.56. The minimum absolute atomic E-state index is 0.0637. The lowest BCUT2D eigenvalue weighted by Gasteiger charge is -2.06. The molecule has 19 heavy (non-hydrogen) atoms. The van der Waals surface area contributed by atoms with Crippen molar-refractivity contribution in [2.45, 2.75) is 20.3 Å². The van der Waals surface area contributed by atoms with Crippen molar-refractivity contribution in [1.29, 1.82) is 0 Å². The first kappa shape index (κ1) is 14.0. The number of hydrogen-bond donors (Lipinski definition) is 1. The summed E-state index contributed by atoms with van der Waals surface area (Å²) in [7, 11) is 0. The van der Waals surface area contributed by atoms with E-state index in [4.69, 9.17) is 16.7 Å². The van der Waals surface area contributed by atoms with Crippen LogP contribution < -0.4 is 0 Å². The number of carboxylic acid groups (broad SMARTS) is 1. The van der Waals surface area contributed by atoms with Crippen molar-refractivity contribution >= 4 is 33.5 Å². The summed E-state index contributed by atoms with van der Waals surface area (Å²) in [5, 5.41) is 13.7. The maximum absolute atomic E-state index is 10.8. The standard InChI is InChI=1S/C12H11BrClN3O2/c1-6-9(4-11(18)19)7(2)17(16-6)12-10(14)3-8(13)5-15-12/h3,5H,4H2,1-2H3,(H,18,19).